The fraction of sp³-hybridized carbons (Fsp3) is 0.167. The monoisotopic (exact) mass is 587 g/mol. The summed E-state index contributed by atoms with van der Waals surface area (Å²) < 4.78 is 21.9. The summed E-state index contributed by atoms with van der Waals surface area (Å²) >= 11 is 4.57. The molecule has 37 heavy (non-hydrogen) atoms. The van der Waals surface area contributed by atoms with Crippen LogP contribution in [0.25, 0.3) is 5.69 Å². The molecule has 0 aliphatic rings. The van der Waals surface area contributed by atoms with E-state index in [0.717, 1.165) is 11.8 Å². The molecule has 0 saturated carbocycles. The third kappa shape index (κ3) is 6.49. The smallest absolute Gasteiger partial charge is 0.269 e. The number of aromatic nitrogens is 3. The first-order valence-electron chi connectivity index (χ1n) is 10.8. The molecule has 13 heteroatoms. The highest BCUT2D eigenvalue weighted by molar-refractivity contribution is 9.10. The Morgan fingerprint density at radius 1 is 1.05 bits per heavy atom. The van der Waals surface area contributed by atoms with Crippen LogP contribution in [-0.2, 0) is 6.61 Å². The number of benzene rings is 3. The Bertz CT molecular complexity index is 1430. The normalized spacial score (nSPS) is 11.8. The van der Waals surface area contributed by atoms with Crippen LogP contribution in [0, 0.1) is 33.0 Å². The summed E-state index contributed by atoms with van der Waals surface area (Å²) in [6, 6.07) is 17.0. The molecule has 0 bridgehead atoms. The molecule has 1 aromatic heterocycles. The molecule has 1 atom stereocenters. The maximum Gasteiger partial charge on any atom is 0.269 e. The largest absolute Gasteiger partial charge is 0.489 e. The van der Waals surface area contributed by atoms with Gasteiger partial charge in [0.05, 0.1) is 4.92 Å². The van der Waals surface area contributed by atoms with Gasteiger partial charge in [0.2, 0.25) is 6.54 Å². The van der Waals surface area contributed by atoms with Crippen molar-refractivity contribution in [2.24, 2.45) is 0 Å². The number of ether oxygens (including phenoxy) is 1. The van der Waals surface area contributed by atoms with Gasteiger partial charge in [0, 0.05) is 32.8 Å². The summed E-state index contributed by atoms with van der Waals surface area (Å²) in [6.45, 7) is 1.42. The van der Waals surface area contributed by atoms with E-state index >= 15 is 0 Å². The molecular formula is C24H19BrFN5O5S. The predicted octanol–water partition coefficient (Wildman–Crippen LogP) is 6.07. The third-order valence-electron chi connectivity index (χ3n) is 5.30. The number of nitrogens with zero attached hydrogens (tertiary/aromatic N) is 5. The second kappa shape index (κ2) is 11.5. The van der Waals surface area contributed by atoms with Crippen LogP contribution >= 0.6 is 27.7 Å². The Kier molecular flexibility index (Phi) is 8.14. The van der Waals surface area contributed by atoms with Crippen LogP contribution in [0.1, 0.15) is 22.2 Å². The number of hydrogen-bond acceptors (Lipinski definition) is 8. The molecule has 0 unspecified atom stereocenters. The molecule has 0 aliphatic carbocycles. The standard InChI is InChI=1S/C24H19BrFN5O5S/c1-15-27-28-24(30(15)19-9-5-18(26)6-10-19)37-23(13-29(32)33)21-12-17(25)4-11-22(21)36-14-16-2-7-20(8-3-16)31(34)35/h2-12,23H,13-14H2,1H3/t23-/m0/s1. The van der Waals surface area contributed by atoms with Gasteiger partial charge in [0.1, 0.15) is 29.2 Å². The van der Waals surface area contributed by atoms with Gasteiger partial charge in [-0.25, -0.2) is 4.39 Å². The predicted molar refractivity (Wildman–Crippen MR) is 138 cm³/mol. The Morgan fingerprint density at radius 2 is 1.76 bits per heavy atom. The second-order valence-corrected chi connectivity index (χ2v) is 9.94. The Labute approximate surface area is 222 Å². The van der Waals surface area contributed by atoms with Gasteiger partial charge in [-0.15, -0.1) is 10.2 Å². The van der Waals surface area contributed by atoms with Crippen LogP contribution in [0.2, 0.25) is 0 Å². The van der Waals surface area contributed by atoms with Crippen molar-refractivity contribution in [2.45, 2.75) is 23.9 Å². The Balaban J connectivity index is 1.64. The van der Waals surface area contributed by atoms with Gasteiger partial charge in [0.15, 0.2) is 5.16 Å². The zero-order valence-electron chi connectivity index (χ0n) is 19.3. The Hall–Kier alpha value is -3.84. The summed E-state index contributed by atoms with van der Waals surface area (Å²) in [4.78, 5) is 21.6. The number of rotatable bonds is 10. The number of thioether (sulfide) groups is 1. The van der Waals surface area contributed by atoms with Crippen LogP contribution in [0.3, 0.4) is 0 Å². The van der Waals surface area contributed by atoms with Crippen molar-refractivity contribution in [3.8, 4) is 11.4 Å². The van der Waals surface area contributed by atoms with Crippen molar-refractivity contribution in [1.29, 1.82) is 0 Å². The van der Waals surface area contributed by atoms with Gasteiger partial charge >= 0.3 is 0 Å². The molecular weight excluding hydrogens is 569 g/mol. The second-order valence-electron chi connectivity index (χ2n) is 7.86. The Morgan fingerprint density at radius 3 is 2.41 bits per heavy atom. The highest BCUT2D eigenvalue weighted by Gasteiger charge is 2.27. The number of nitro groups is 2. The molecule has 0 radical (unpaired) electrons. The molecule has 0 aliphatic heterocycles. The van der Waals surface area contributed by atoms with Crippen molar-refractivity contribution in [3.63, 3.8) is 0 Å². The van der Waals surface area contributed by atoms with Gasteiger partial charge < -0.3 is 4.74 Å². The van der Waals surface area contributed by atoms with Crippen molar-refractivity contribution in [2.75, 3.05) is 6.54 Å². The first kappa shape index (κ1) is 26.2. The molecule has 10 nitrogen and oxygen atoms in total. The van der Waals surface area contributed by atoms with E-state index in [4.69, 9.17) is 4.74 Å². The van der Waals surface area contributed by atoms with Gasteiger partial charge in [-0.1, -0.05) is 27.7 Å². The van der Waals surface area contributed by atoms with E-state index in [1.165, 1.54) is 24.3 Å². The van der Waals surface area contributed by atoms with E-state index in [1.807, 2.05) is 0 Å². The summed E-state index contributed by atoms with van der Waals surface area (Å²) in [5.41, 5.74) is 1.85. The number of halogens is 2. The average Bonchev–Trinajstić information content (AvgIpc) is 3.23. The van der Waals surface area contributed by atoms with Crippen LogP contribution in [0.5, 0.6) is 5.75 Å². The van der Waals surface area contributed by atoms with Crippen LogP contribution < -0.4 is 4.74 Å². The topological polar surface area (TPSA) is 126 Å². The number of non-ortho nitro benzene ring substituents is 1. The first-order chi connectivity index (χ1) is 17.7. The van der Waals surface area contributed by atoms with Gasteiger partial charge in [-0.05, 0) is 67.1 Å². The highest BCUT2D eigenvalue weighted by atomic mass is 79.9. The summed E-state index contributed by atoms with van der Waals surface area (Å²) in [5.74, 6) is 0.571. The van der Waals surface area contributed by atoms with E-state index in [9.17, 15) is 24.6 Å². The van der Waals surface area contributed by atoms with E-state index < -0.39 is 21.6 Å². The zero-order valence-corrected chi connectivity index (χ0v) is 21.7. The molecule has 1 heterocycles. The minimum atomic E-state index is -0.706. The zero-order chi connectivity index (χ0) is 26.5. The summed E-state index contributed by atoms with van der Waals surface area (Å²) in [6.07, 6.45) is 0. The molecule has 3 aromatic carbocycles. The van der Waals surface area contributed by atoms with E-state index in [-0.39, 0.29) is 18.1 Å². The lowest BCUT2D eigenvalue weighted by atomic mass is 10.1. The molecule has 0 N–H and O–H groups in total. The molecule has 4 rings (SSSR count). The maximum atomic E-state index is 13.5. The van der Waals surface area contributed by atoms with Crippen LogP contribution in [-0.4, -0.2) is 31.2 Å². The van der Waals surface area contributed by atoms with E-state index in [2.05, 4.69) is 26.1 Å². The molecule has 190 valence electrons. The molecule has 0 saturated heterocycles. The summed E-state index contributed by atoms with van der Waals surface area (Å²) in [7, 11) is 0. The molecule has 0 spiro atoms. The highest BCUT2D eigenvalue weighted by Crippen LogP contribution is 2.41. The lowest BCUT2D eigenvalue weighted by Crippen LogP contribution is -2.12. The number of hydrogen-bond donors (Lipinski definition) is 0. The average molecular weight is 588 g/mol. The van der Waals surface area contributed by atoms with Crippen LogP contribution in [0.15, 0.2) is 76.4 Å². The van der Waals surface area contributed by atoms with Crippen molar-refractivity contribution < 1.29 is 19.0 Å². The van der Waals surface area contributed by atoms with Crippen molar-refractivity contribution >= 4 is 33.4 Å². The van der Waals surface area contributed by atoms with Gasteiger partial charge in [-0.3, -0.25) is 24.8 Å². The number of aryl methyl sites for hydroxylation is 1. The first-order valence-corrected chi connectivity index (χ1v) is 12.5. The van der Waals surface area contributed by atoms with Gasteiger partial charge in [0.25, 0.3) is 5.69 Å². The molecule has 0 fully saturated rings. The minimum Gasteiger partial charge on any atom is -0.489 e. The van der Waals surface area contributed by atoms with E-state index in [1.54, 1.807) is 54.0 Å². The minimum absolute atomic E-state index is 0.0314. The fourth-order valence-electron chi connectivity index (χ4n) is 3.55. The van der Waals surface area contributed by atoms with Gasteiger partial charge in [-0.2, -0.15) is 0 Å². The maximum absolute atomic E-state index is 13.5. The molecule has 0 amide bonds. The lowest BCUT2D eigenvalue weighted by molar-refractivity contribution is -0.479. The quantitative estimate of drug-likeness (QED) is 0.124. The lowest BCUT2D eigenvalue weighted by Gasteiger charge is -2.18. The SMILES string of the molecule is Cc1nnc(S[C@@H](C[N+](=O)[O-])c2cc(Br)ccc2OCc2ccc([N+](=O)[O-])cc2)n1-c1ccc(F)cc1. The third-order valence-corrected chi connectivity index (χ3v) is 6.96. The molecule has 4 aromatic rings. The van der Waals surface area contributed by atoms with Crippen molar-refractivity contribution in [1.82, 2.24) is 14.8 Å². The number of nitro benzene ring substituents is 1. The van der Waals surface area contributed by atoms with Crippen LogP contribution in [0.4, 0.5) is 10.1 Å². The fourth-order valence-corrected chi connectivity index (χ4v) is 5.12. The van der Waals surface area contributed by atoms with Crippen molar-refractivity contribution in [3.05, 3.63) is 114 Å². The summed E-state index contributed by atoms with van der Waals surface area (Å²) in [5, 5.41) is 30.5. The van der Waals surface area contributed by atoms with E-state index in [0.29, 0.717) is 38.0 Å².